The molecule has 0 saturated heterocycles. The second-order valence-electron chi connectivity index (χ2n) is 7.19. The fourth-order valence-corrected chi connectivity index (χ4v) is 3.66. The summed E-state index contributed by atoms with van der Waals surface area (Å²) < 4.78 is 7.51. The average Bonchev–Trinajstić information content (AvgIpc) is 3.56. The zero-order chi connectivity index (χ0) is 21.2. The Hall–Kier alpha value is -4.20. The second-order valence-corrected chi connectivity index (χ2v) is 7.19. The Bertz CT molecular complexity index is 1230. The van der Waals surface area contributed by atoms with Crippen LogP contribution in [0.4, 0.5) is 0 Å². The molecule has 1 aromatic carbocycles. The van der Waals surface area contributed by atoms with Gasteiger partial charge in [0.25, 0.3) is 0 Å². The molecular weight excluding hydrogens is 394 g/mol. The summed E-state index contributed by atoms with van der Waals surface area (Å²) in [5.41, 5.74) is 2.18. The van der Waals surface area contributed by atoms with Gasteiger partial charge in [0.1, 0.15) is 11.5 Å². The molecule has 154 valence electrons. The molecule has 8 nitrogen and oxygen atoms in total. The molecule has 3 aromatic heterocycles. The van der Waals surface area contributed by atoms with Crippen molar-refractivity contribution in [3.05, 3.63) is 102 Å². The van der Waals surface area contributed by atoms with E-state index in [2.05, 4.69) is 15.2 Å². The van der Waals surface area contributed by atoms with Crippen LogP contribution in [0.25, 0.3) is 0 Å². The van der Waals surface area contributed by atoms with Gasteiger partial charge in [-0.1, -0.05) is 24.3 Å². The fourth-order valence-electron chi connectivity index (χ4n) is 3.66. The Morgan fingerprint density at radius 3 is 2.77 bits per heavy atom. The van der Waals surface area contributed by atoms with Crippen molar-refractivity contribution < 1.29 is 14.3 Å². The highest BCUT2D eigenvalue weighted by Gasteiger charge is 2.36. The molecule has 1 unspecified atom stereocenters. The van der Waals surface area contributed by atoms with E-state index in [1.54, 1.807) is 53.6 Å². The number of nitrogens with zero attached hydrogens (tertiary/aromatic N) is 5. The van der Waals surface area contributed by atoms with E-state index in [9.17, 15) is 9.90 Å². The SMILES string of the molecule is O=C(c1ccc(Cn2cccn2)o1)N1N=C(c2cccnc2)CC1c1ccccc1O. The van der Waals surface area contributed by atoms with Crippen LogP contribution in [-0.4, -0.2) is 36.5 Å². The Morgan fingerprint density at radius 1 is 1.10 bits per heavy atom. The second kappa shape index (κ2) is 7.91. The molecule has 0 saturated carbocycles. The molecule has 1 N–H and O–H groups in total. The highest BCUT2D eigenvalue weighted by atomic mass is 16.4. The first-order chi connectivity index (χ1) is 15.2. The lowest BCUT2D eigenvalue weighted by atomic mass is 9.98. The van der Waals surface area contributed by atoms with Crippen LogP contribution < -0.4 is 0 Å². The third-order valence-electron chi connectivity index (χ3n) is 5.16. The molecule has 0 radical (unpaired) electrons. The minimum atomic E-state index is -0.455. The zero-order valence-corrected chi connectivity index (χ0v) is 16.5. The molecule has 0 spiro atoms. The maximum atomic E-state index is 13.3. The number of hydrogen-bond donors (Lipinski definition) is 1. The number of pyridine rings is 1. The summed E-state index contributed by atoms with van der Waals surface area (Å²) >= 11 is 0. The van der Waals surface area contributed by atoms with E-state index < -0.39 is 6.04 Å². The Labute approximate surface area is 178 Å². The zero-order valence-electron chi connectivity index (χ0n) is 16.5. The van der Waals surface area contributed by atoms with E-state index in [0.717, 1.165) is 11.3 Å². The molecule has 1 amide bonds. The van der Waals surface area contributed by atoms with Gasteiger partial charge in [0, 0.05) is 42.3 Å². The van der Waals surface area contributed by atoms with Crippen LogP contribution >= 0.6 is 0 Å². The van der Waals surface area contributed by atoms with Crippen LogP contribution in [0.3, 0.4) is 0 Å². The van der Waals surface area contributed by atoms with Gasteiger partial charge in [0.2, 0.25) is 0 Å². The quantitative estimate of drug-likeness (QED) is 0.539. The minimum absolute atomic E-state index is 0.117. The summed E-state index contributed by atoms with van der Waals surface area (Å²) in [6, 6.07) is 15.5. The van der Waals surface area contributed by atoms with Crippen LogP contribution in [0.2, 0.25) is 0 Å². The standard InChI is InChI=1S/C23H19N5O3/c29-21-7-2-1-6-18(21)20-13-19(16-5-3-10-24-14-16)26-28(20)23(30)22-9-8-17(31-22)15-27-12-4-11-25-27/h1-12,14,20,29H,13,15H2. The number of carbonyl (C=O) groups is 1. The lowest BCUT2D eigenvalue weighted by Crippen LogP contribution is -2.26. The lowest BCUT2D eigenvalue weighted by Gasteiger charge is -2.21. The Kier molecular flexibility index (Phi) is 4.80. The number of furan rings is 1. The third kappa shape index (κ3) is 3.71. The highest BCUT2D eigenvalue weighted by Crippen LogP contribution is 2.37. The molecule has 4 heterocycles. The van der Waals surface area contributed by atoms with E-state index >= 15 is 0 Å². The van der Waals surface area contributed by atoms with Gasteiger partial charge in [-0.15, -0.1) is 0 Å². The van der Waals surface area contributed by atoms with Gasteiger partial charge in [0.15, 0.2) is 5.76 Å². The van der Waals surface area contributed by atoms with E-state index in [1.807, 2.05) is 30.5 Å². The smallest absolute Gasteiger partial charge is 0.310 e. The number of hydrogen-bond acceptors (Lipinski definition) is 6. The molecule has 1 aliphatic heterocycles. The van der Waals surface area contributed by atoms with Gasteiger partial charge in [-0.3, -0.25) is 14.5 Å². The third-order valence-corrected chi connectivity index (χ3v) is 5.16. The first-order valence-corrected chi connectivity index (χ1v) is 9.84. The van der Waals surface area contributed by atoms with Crippen molar-refractivity contribution in [2.24, 2.45) is 5.10 Å². The predicted molar refractivity (Wildman–Crippen MR) is 112 cm³/mol. The normalized spacial score (nSPS) is 15.8. The number of aromatic nitrogens is 3. The van der Waals surface area contributed by atoms with Gasteiger partial charge in [-0.2, -0.15) is 10.2 Å². The summed E-state index contributed by atoms with van der Waals surface area (Å²) in [7, 11) is 0. The van der Waals surface area contributed by atoms with Crippen molar-refractivity contribution >= 4 is 11.6 Å². The molecule has 4 aromatic rings. The van der Waals surface area contributed by atoms with Gasteiger partial charge in [-0.25, -0.2) is 5.01 Å². The average molecular weight is 413 g/mol. The van der Waals surface area contributed by atoms with E-state index in [-0.39, 0.29) is 17.4 Å². The van der Waals surface area contributed by atoms with Crippen LogP contribution in [0.1, 0.15) is 39.9 Å². The maximum absolute atomic E-state index is 13.3. The Morgan fingerprint density at radius 2 is 2.00 bits per heavy atom. The first kappa shape index (κ1) is 18.8. The molecule has 31 heavy (non-hydrogen) atoms. The van der Waals surface area contributed by atoms with Crippen LogP contribution in [0, 0.1) is 0 Å². The topological polar surface area (TPSA) is 96.8 Å². The number of aromatic hydroxyl groups is 1. The molecule has 1 atom stereocenters. The number of rotatable bonds is 5. The lowest BCUT2D eigenvalue weighted by molar-refractivity contribution is 0.0675. The van der Waals surface area contributed by atoms with E-state index in [0.29, 0.717) is 24.3 Å². The molecule has 8 heteroatoms. The number of amides is 1. The largest absolute Gasteiger partial charge is 0.508 e. The fraction of sp³-hybridized carbons (Fsp3) is 0.130. The molecule has 1 aliphatic rings. The minimum Gasteiger partial charge on any atom is -0.508 e. The number of benzene rings is 1. The van der Waals surface area contributed by atoms with Crippen molar-refractivity contribution in [3.8, 4) is 5.75 Å². The number of phenolic OH excluding ortho intramolecular Hbond substituents is 1. The number of para-hydroxylation sites is 1. The number of hydrazone groups is 1. The summed E-state index contributed by atoms with van der Waals surface area (Å²) in [5, 5.41) is 20.5. The van der Waals surface area contributed by atoms with Gasteiger partial charge < -0.3 is 9.52 Å². The van der Waals surface area contributed by atoms with Gasteiger partial charge >= 0.3 is 5.91 Å². The summed E-state index contributed by atoms with van der Waals surface area (Å²) in [6.45, 7) is 0.424. The van der Waals surface area contributed by atoms with Crippen molar-refractivity contribution in [1.82, 2.24) is 19.8 Å². The van der Waals surface area contributed by atoms with Crippen LogP contribution in [-0.2, 0) is 6.54 Å². The molecule has 0 aliphatic carbocycles. The molecule has 5 rings (SSSR count). The Balaban J connectivity index is 1.47. The van der Waals surface area contributed by atoms with E-state index in [4.69, 9.17) is 4.42 Å². The number of phenols is 1. The van der Waals surface area contributed by atoms with Crippen LogP contribution in [0.5, 0.6) is 5.75 Å². The van der Waals surface area contributed by atoms with Gasteiger partial charge in [-0.05, 0) is 30.3 Å². The van der Waals surface area contributed by atoms with Crippen molar-refractivity contribution in [2.45, 2.75) is 19.0 Å². The summed E-state index contributed by atoms with van der Waals surface area (Å²) in [4.78, 5) is 17.5. The maximum Gasteiger partial charge on any atom is 0.310 e. The van der Waals surface area contributed by atoms with E-state index in [1.165, 1.54) is 5.01 Å². The van der Waals surface area contributed by atoms with Crippen molar-refractivity contribution in [3.63, 3.8) is 0 Å². The summed E-state index contributed by atoms with van der Waals surface area (Å²) in [5.74, 6) is 0.534. The first-order valence-electron chi connectivity index (χ1n) is 9.84. The highest BCUT2D eigenvalue weighted by molar-refractivity contribution is 6.04. The van der Waals surface area contributed by atoms with Crippen molar-refractivity contribution in [2.75, 3.05) is 0 Å². The predicted octanol–water partition coefficient (Wildman–Crippen LogP) is 3.62. The molecular formula is C23H19N5O3. The monoisotopic (exact) mass is 413 g/mol. The molecule has 0 fully saturated rings. The summed E-state index contributed by atoms with van der Waals surface area (Å²) in [6.07, 6.45) is 7.36. The number of carbonyl (C=O) groups excluding carboxylic acids is 1. The van der Waals surface area contributed by atoms with Gasteiger partial charge in [0.05, 0.1) is 18.3 Å². The van der Waals surface area contributed by atoms with Crippen molar-refractivity contribution in [1.29, 1.82) is 0 Å². The van der Waals surface area contributed by atoms with Crippen LogP contribution in [0.15, 0.2) is 88.9 Å². The molecule has 0 bridgehead atoms.